The number of carbonyl (C=O) groups is 1. The van der Waals surface area contributed by atoms with Gasteiger partial charge in [0.25, 0.3) is 0 Å². The maximum atomic E-state index is 11.6. The average Bonchev–Trinajstić information content (AvgIpc) is 3.30. The van der Waals surface area contributed by atoms with E-state index in [1.54, 1.807) is 48.5 Å². The predicted molar refractivity (Wildman–Crippen MR) is 124 cm³/mol. The molecule has 0 saturated carbocycles. The number of phenols is 1. The van der Waals surface area contributed by atoms with Gasteiger partial charge in [0.2, 0.25) is 0 Å². The second-order valence-electron chi connectivity index (χ2n) is 7.14. The molecule has 0 aliphatic carbocycles. The molecule has 0 aliphatic rings. The molecule has 4 aromatic rings. The number of aromatic amines is 1. The fraction of sp³-hybridized carbons (Fsp3) is 0.0769. The molecular weight excluding hydrogens is 420 g/mol. The number of aromatic nitrogens is 2. The number of benzene rings is 3. The van der Waals surface area contributed by atoms with Gasteiger partial charge in [0.1, 0.15) is 29.5 Å². The lowest BCUT2D eigenvalue weighted by Gasteiger charge is -2.11. The lowest BCUT2D eigenvalue weighted by molar-refractivity contribution is 0.0600. The Labute approximate surface area is 190 Å². The molecule has 7 nitrogen and oxygen atoms in total. The Morgan fingerprint density at radius 1 is 1.06 bits per heavy atom. The van der Waals surface area contributed by atoms with Gasteiger partial charge >= 0.3 is 5.97 Å². The number of carbonyl (C=O) groups excluding carboxylic acids is 1. The molecule has 4 rings (SSSR count). The van der Waals surface area contributed by atoms with E-state index in [1.807, 2.05) is 24.3 Å². The summed E-state index contributed by atoms with van der Waals surface area (Å²) in [6.07, 6.45) is 3.30. The van der Waals surface area contributed by atoms with E-state index in [9.17, 15) is 9.90 Å². The molecule has 0 radical (unpaired) electrons. The van der Waals surface area contributed by atoms with Crippen LogP contribution in [-0.2, 0) is 11.3 Å². The lowest BCUT2D eigenvalue weighted by atomic mass is 10.1. The van der Waals surface area contributed by atoms with Gasteiger partial charge in [0.05, 0.1) is 18.9 Å². The molecule has 1 aromatic heterocycles. The van der Waals surface area contributed by atoms with E-state index in [-0.39, 0.29) is 5.75 Å². The smallest absolute Gasteiger partial charge is 0.337 e. The number of methoxy groups -OCH3 is 1. The summed E-state index contributed by atoms with van der Waals surface area (Å²) >= 11 is 0. The van der Waals surface area contributed by atoms with Crippen LogP contribution in [0.25, 0.3) is 17.3 Å². The highest BCUT2D eigenvalue weighted by Crippen LogP contribution is 2.38. The van der Waals surface area contributed by atoms with Crippen molar-refractivity contribution in [3.63, 3.8) is 0 Å². The van der Waals surface area contributed by atoms with Crippen molar-refractivity contribution in [3.8, 4) is 34.3 Å². The van der Waals surface area contributed by atoms with Crippen LogP contribution >= 0.6 is 0 Å². The van der Waals surface area contributed by atoms with E-state index < -0.39 is 5.97 Å². The number of phenolic OH excluding ortho intramolecular Hbond substituents is 1. The number of H-pyrrole nitrogens is 1. The van der Waals surface area contributed by atoms with Crippen molar-refractivity contribution >= 4 is 12.0 Å². The number of hydrogen-bond donors (Lipinski definition) is 2. The summed E-state index contributed by atoms with van der Waals surface area (Å²) in [5.74, 6) is 1.06. The standard InChI is InChI=1S/C26H22N2O5/c1-3-17-4-6-18(7-5-17)16-32-21-12-13-22(23(29)14-21)25-24(15-27-28-25)33-20-10-8-19(9-11-20)26(30)31-2/h3-15,29H,1,16H2,2H3,(H,27,28). The highest BCUT2D eigenvalue weighted by atomic mass is 16.5. The van der Waals surface area contributed by atoms with Crippen LogP contribution in [0, 0.1) is 0 Å². The molecule has 1 heterocycles. The largest absolute Gasteiger partial charge is 0.507 e. The minimum Gasteiger partial charge on any atom is -0.507 e. The summed E-state index contributed by atoms with van der Waals surface area (Å²) in [5.41, 5.74) is 3.49. The molecule has 0 aliphatic heterocycles. The summed E-state index contributed by atoms with van der Waals surface area (Å²) in [5, 5.41) is 17.5. The van der Waals surface area contributed by atoms with Crippen LogP contribution in [0.2, 0.25) is 0 Å². The monoisotopic (exact) mass is 442 g/mol. The number of nitrogens with zero attached hydrogens (tertiary/aromatic N) is 1. The molecule has 0 bridgehead atoms. The maximum Gasteiger partial charge on any atom is 0.337 e. The van der Waals surface area contributed by atoms with Crippen molar-refractivity contribution in [3.05, 3.63) is 96.2 Å². The summed E-state index contributed by atoms with van der Waals surface area (Å²) in [6.45, 7) is 4.12. The van der Waals surface area contributed by atoms with Crippen LogP contribution in [-0.4, -0.2) is 28.4 Å². The van der Waals surface area contributed by atoms with E-state index in [2.05, 4.69) is 16.8 Å². The van der Waals surface area contributed by atoms with Crippen LogP contribution in [0.15, 0.2) is 79.5 Å². The Morgan fingerprint density at radius 2 is 1.79 bits per heavy atom. The van der Waals surface area contributed by atoms with Gasteiger partial charge in [-0.05, 0) is 47.5 Å². The molecule has 0 fully saturated rings. The number of ether oxygens (including phenoxy) is 3. The molecule has 33 heavy (non-hydrogen) atoms. The minimum atomic E-state index is -0.424. The molecular formula is C26H22N2O5. The molecule has 7 heteroatoms. The minimum absolute atomic E-state index is 0.0182. The molecule has 0 amide bonds. The Balaban J connectivity index is 1.47. The van der Waals surface area contributed by atoms with E-state index >= 15 is 0 Å². The van der Waals surface area contributed by atoms with Crippen LogP contribution in [0.3, 0.4) is 0 Å². The maximum absolute atomic E-state index is 11.6. The molecule has 0 unspecified atom stereocenters. The first-order valence-electron chi connectivity index (χ1n) is 10.1. The normalized spacial score (nSPS) is 10.5. The zero-order valence-corrected chi connectivity index (χ0v) is 17.9. The topological polar surface area (TPSA) is 93.7 Å². The van der Waals surface area contributed by atoms with Crippen molar-refractivity contribution < 1.29 is 24.1 Å². The van der Waals surface area contributed by atoms with Crippen molar-refractivity contribution in [2.24, 2.45) is 0 Å². The first-order valence-corrected chi connectivity index (χ1v) is 10.1. The third kappa shape index (κ3) is 5.04. The zero-order valence-electron chi connectivity index (χ0n) is 17.9. The quantitative estimate of drug-likeness (QED) is 0.346. The first kappa shape index (κ1) is 21.7. The van der Waals surface area contributed by atoms with Crippen LogP contribution < -0.4 is 9.47 Å². The molecule has 166 valence electrons. The number of hydrogen-bond acceptors (Lipinski definition) is 6. The fourth-order valence-electron chi connectivity index (χ4n) is 3.18. The van der Waals surface area contributed by atoms with Crippen LogP contribution in [0.5, 0.6) is 23.0 Å². The highest BCUT2D eigenvalue weighted by molar-refractivity contribution is 5.89. The SMILES string of the molecule is C=Cc1ccc(COc2ccc(-c3[nH]ncc3Oc3ccc(C(=O)OC)cc3)c(O)c2)cc1. The molecule has 0 saturated heterocycles. The summed E-state index contributed by atoms with van der Waals surface area (Å²) in [6, 6.07) is 19.4. The van der Waals surface area contributed by atoms with Gasteiger partial charge in [-0.25, -0.2) is 4.79 Å². The van der Waals surface area contributed by atoms with Gasteiger partial charge in [-0.2, -0.15) is 5.10 Å². The third-order valence-electron chi connectivity index (χ3n) is 4.97. The van der Waals surface area contributed by atoms with Crippen LogP contribution in [0.4, 0.5) is 0 Å². The molecule has 0 atom stereocenters. The average molecular weight is 442 g/mol. The van der Waals surface area contributed by atoms with Crippen molar-refractivity contribution in [2.75, 3.05) is 7.11 Å². The van der Waals surface area contributed by atoms with E-state index in [1.165, 1.54) is 13.3 Å². The fourth-order valence-corrected chi connectivity index (χ4v) is 3.18. The number of rotatable bonds is 8. The predicted octanol–water partition coefficient (Wildman–Crippen LogP) is 5.58. The highest BCUT2D eigenvalue weighted by Gasteiger charge is 2.15. The summed E-state index contributed by atoms with van der Waals surface area (Å²) in [4.78, 5) is 11.6. The third-order valence-corrected chi connectivity index (χ3v) is 4.97. The molecule has 2 N–H and O–H groups in total. The second kappa shape index (κ2) is 9.74. The Kier molecular flexibility index (Phi) is 6.40. The van der Waals surface area contributed by atoms with Gasteiger partial charge in [0.15, 0.2) is 5.75 Å². The first-order chi connectivity index (χ1) is 16.1. The Morgan fingerprint density at radius 3 is 2.45 bits per heavy atom. The summed E-state index contributed by atoms with van der Waals surface area (Å²) in [7, 11) is 1.33. The zero-order chi connectivity index (χ0) is 23.2. The Bertz CT molecular complexity index is 1260. The lowest BCUT2D eigenvalue weighted by Crippen LogP contribution is -2.00. The van der Waals surface area contributed by atoms with E-state index in [0.717, 1.165) is 11.1 Å². The van der Waals surface area contributed by atoms with Gasteiger partial charge in [0, 0.05) is 11.6 Å². The Hall–Kier alpha value is -4.52. The number of nitrogens with one attached hydrogen (secondary N) is 1. The van der Waals surface area contributed by atoms with Gasteiger partial charge in [-0.1, -0.05) is 36.9 Å². The van der Waals surface area contributed by atoms with Crippen molar-refractivity contribution in [1.29, 1.82) is 0 Å². The summed E-state index contributed by atoms with van der Waals surface area (Å²) < 4.78 is 16.4. The number of esters is 1. The van der Waals surface area contributed by atoms with Gasteiger partial charge in [-0.15, -0.1) is 0 Å². The van der Waals surface area contributed by atoms with Crippen LogP contribution in [0.1, 0.15) is 21.5 Å². The van der Waals surface area contributed by atoms with E-state index in [4.69, 9.17) is 14.2 Å². The van der Waals surface area contributed by atoms with E-state index in [0.29, 0.717) is 40.7 Å². The van der Waals surface area contributed by atoms with Crippen molar-refractivity contribution in [1.82, 2.24) is 10.2 Å². The van der Waals surface area contributed by atoms with Gasteiger partial charge < -0.3 is 19.3 Å². The number of aromatic hydroxyl groups is 1. The molecule has 0 spiro atoms. The van der Waals surface area contributed by atoms with Crippen molar-refractivity contribution in [2.45, 2.75) is 6.61 Å². The van der Waals surface area contributed by atoms with Gasteiger partial charge in [-0.3, -0.25) is 5.10 Å². The molecule has 3 aromatic carbocycles. The second-order valence-corrected chi connectivity index (χ2v) is 7.14.